The van der Waals surface area contributed by atoms with Gasteiger partial charge in [0.2, 0.25) is 5.91 Å². The Morgan fingerprint density at radius 3 is 2.36 bits per heavy atom. The molecular weight excluding hydrogens is 700 g/mol. The Morgan fingerprint density at radius 2 is 1.64 bits per heavy atom. The standard InChI is InChI=1S/C44H66N2O9/c1-32(2)28-41(54-31-49-3)42(34-12-7-6-8-13-34)43(47)46-21-10-9-16-37(46)44(48)55-38(19-17-33-18-20-39(50-4)40(29-33)51-5)35-14-11-15-36(30-35)53-27-24-45-22-25-52-26-23-45/h11,14-15,18,20,29-30,32,34,37-38,41-42H,6-10,12-13,16-17,19,21-28,31H2,1-5H3/t37-,38?,41?,42?/m1/s1. The van der Waals surface area contributed by atoms with Crippen molar-refractivity contribution in [2.24, 2.45) is 17.8 Å². The SMILES string of the molecule is COCOC(CC(C)C)C(C(=O)N1CCCC[C@@H]1C(=O)OC(CCc1ccc(OC)c(OC)c1)c1cccc(OCCN2CCOCC2)c1)C1CCCCC1. The molecule has 0 aromatic heterocycles. The molecule has 2 saturated heterocycles. The van der Waals surface area contributed by atoms with Gasteiger partial charge in [-0.3, -0.25) is 9.69 Å². The third kappa shape index (κ3) is 12.6. The van der Waals surface area contributed by atoms with Crippen LogP contribution in [0, 0.1) is 17.8 Å². The van der Waals surface area contributed by atoms with Crippen molar-refractivity contribution in [1.82, 2.24) is 9.80 Å². The summed E-state index contributed by atoms with van der Waals surface area (Å²) in [4.78, 5) is 33.6. The summed E-state index contributed by atoms with van der Waals surface area (Å²) < 4.78 is 40.9. The number of esters is 1. The minimum atomic E-state index is -0.661. The van der Waals surface area contributed by atoms with E-state index >= 15 is 0 Å². The van der Waals surface area contributed by atoms with E-state index in [2.05, 4.69) is 18.7 Å². The summed E-state index contributed by atoms with van der Waals surface area (Å²) in [7, 11) is 4.87. The van der Waals surface area contributed by atoms with Crippen molar-refractivity contribution in [3.63, 3.8) is 0 Å². The third-order valence-corrected chi connectivity index (χ3v) is 11.4. The highest BCUT2D eigenvalue weighted by Gasteiger charge is 2.44. The van der Waals surface area contributed by atoms with Crippen molar-refractivity contribution < 1.29 is 42.7 Å². The number of piperidine rings is 1. The van der Waals surface area contributed by atoms with Crippen LogP contribution >= 0.6 is 0 Å². The minimum Gasteiger partial charge on any atom is -0.493 e. The van der Waals surface area contributed by atoms with Crippen LogP contribution in [0.5, 0.6) is 17.2 Å². The van der Waals surface area contributed by atoms with Gasteiger partial charge in [-0.2, -0.15) is 0 Å². The molecule has 3 fully saturated rings. The molecule has 2 aromatic rings. The van der Waals surface area contributed by atoms with E-state index in [1.807, 2.05) is 47.4 Å². The molecule has 2 aliphatic heterocycles. The van der Waals surface area contributed by atoms with Gasteiger partial charge >= 0.3 is 5.97 Å². The largest absolute Gasteiger partial charge is 0.493 e. The Bertz CT molecular complexity index is 1460. The number of amides is 1. The summed E-state index contributed by atoms with van der Waals surface area (Å²) in [5.74, 6) is 1.92. The molecule has 1 aliphatic carbocycles. The monoisotopic (exact) mass is 766 g/mol. The lowest BCUT2D eigenvalue weighted by atomic mass is 9.74. The van der Waals surface area contributed by atoms with Gasteiger partial charge in [-0.25, -0.2) is 4.79 Å². The predicted octanol–water partition coefficient (Wildman–Crippen LogP) is 7.24. The van der Waals surface area contributed by atoms with Crippen LogP contribution in [0.3, 0.4) is 0 Å². The molecule has 3 aliphatic rings. The molecule has 0 N–H and O–H groups in total. The van der Waals surface area contributed by atoms with Gasteiger partial charge < -0.3 is 38.1 Å². The van der Waals surface area contributed by atoms with Crippen LogP contribution in [0.1, 0.15) is 95.3 Å². The van der Waals surface area contributed by atoms with Gasteiger partial charge in [0.25, 0.3) is 0 Å². The Balaban J connectivity index is 1.37. The molecule has 1 amide bonds. The van der Waals surface area contributed by atoms with Gasteiger partial charge in [-0.1, -0.05) is 51.3 Å². The topological polar surface area (TPSA) is 105 Å². The Kier molecular flexibility index (Phi) is 17.4. The van der Waals surface area contributed by atoms with E-state index in [-0.39, 0.29) is 36.6 Å². The quantitative estimate of drug-likeness (QED) is 0.101. The second-order valence-corrected chi connectivity index (χ2v) is 15.7. The number of likely N-dealkylation sites (tertiary alicyclic amines) is 1. The first-order chi connectivity index (χ1) is 26.8. The van der Waals surface area contributed by atoms with E-state index in [1.165, 1.54) is 6.42 Å². The molecule has 306 valence electrons. The van der Waals surface area contributed by atoms with E-state index in [1.54, 1.807) is 21.3 Å². The number of morpholine rings is 1. The fourth-order valence-corrected chi connectivity index (χ4v) is 8.50. The Labute approximate surface area is 329 Å². The molecule has 11 heteroatoms. The number of nitrogens with zero attached hydrogens (tertiary/aromatic N) is 2. The second-order valence-electron chi connectivity index (χ2n) is 15.7. The van der Waals surface area contributed by atoms with Crippen molar-refractivity contribution >= 4 is 11.9 Å². The zero-order chi connectivity index (χ0) is 39.0. The predicted molar refractivity (Wildman–Crippen MR) is 212 cm³/mol. The first-order valence-corrected chi connectivity index (χ1v) is 20.7. The molecule has 11 nitrogen and oxygen atoms in total. The molecule has 3 unspecified atom stereocenters. The van der Waals surface area contributed by atoms with E-state index in [4.69, 9.17) is 33.2 Å². The van der Waals surface area contributed by atoms with Crippen LogP contribution in [0.4, 0.5) is 0 Å². The third-order valence-electron chi connectivity index (χ3n) is 11.4. The highest BCUT2D eigenvalue weighted by Crippen LogP contribution is 2.38. The second kappa shape index (κ2) is 22.4. The van der Waals surface area contributed by atoms with E-state index in [9.17, 15) is 9.59 Å². The average molecular weight is 767 g/mol. The maximum atomic E-state index is 14.9. The normalized spacial score (nSPS) is 20.1. The summed E-state index contributed by atoms with van der Waals surface area (Å²) in [6, 6.07) is 13.1. The number of hydrogen-bond donors (Lipinski definition) is 0. The smallest absolute Gasteiger partial charge is 0.329 e. The molecule has 4 atom stereocenters. The fourth-order valence-electron chi connectivity index (χ4n) is 8.50. The number of methoxy groups -OCH3 is 3. The molecule has 2 heterocycles. The molecule has 55 heavy (non-hydrogen) atoms. The highest BCUT2D eigenvalue weighted by atomic mass is 16.7. The van der Waals surface area contributed by atoms with Crippen molar-refractivity contribution in [2.45, 2.75) is 103 Å². The van der Waals surface area contributed by atoms with Crippen LogP contribution in [-0.2, 0) is 35.0 Å². The van der Waals surface area contributed by atoms with E-state index in [0.29, 0.717) is 49.8 Å². The number of benzene rings is 2. The Hall–Kier alpha value is -3.38. The summed E-state index contributed by atoms with van der Waals surface area (Å²) >= 11 is 0. The number of carbonyl (C=O) groups excluding carboxylic acids is 2. The summed E-state index contributed by atoms with van der Waals surface area (Å²) in [5, 5.41) is 0. The van der Waals surface area contributed by atoms with Crippen LogP contribution in [0.2, 0.25) is 0 Å². The molecule has 2 aromatic carbocycles. The molecular formula is C44H66N2O9. The lowest BCUT2D eigenvalue weighted by Gasteiger charge is -2.42. The summed E-state index contributed by atoms with van der Waals surface area (Å²) in [6.45, 7) is 9.65. The van der Waals surface area contributed by atoms with E-state index < -0.39 is 12.1 Å². The van der Waals surface area contributed by atoms with Crippen molar-refractivity contribution in [2.75, 3.05) is 74.1 Å². The first-order valence-electron chi connectivity index (χ1n) is 20.7. The van der Waals surface area contributed by atoms with E-state index in [0.717, 1.165) is 94.7 Å². The number of ether oxygens (including phenoxy) is 7. The lowest BCUT2D eigenvalue weighted by Crippen LogP contribution is -2.54. The average Bonchev–Trinajstić information content (AvgIpc) is 3.22. The van der Waals surface area contributed by atoms with Crippen LogP contribution in [0.25, 0.3) is 0 Å². The number of rotatable bonds is 20. The summed E-state index contributed by atoms with van der Waals surface area (Å²) in [5.41, 5.74) is 1.89. The summed E-state index contributed by atoms with van der Waals surface area (Å²) in [6.07, 6.45) is 8.75. The molecule has 5 rings (SSSR count). The van der Waals surface area contributed by atoms with Gasteiger partial charge in [0.15, 0.2) is 11.5 Å². The van der Waals surface area contributed by atoms with Crippen LogP contribution < -0.4 is 14.2 Å². The first kappa shape index (κ1) is 42.8. The zero-order valence-electron chi connectivity index (χ0n) is 34.0. The maximum absolute atomic E-state index is 14.9. The fraction of sp³-hybridized carbons (Fsp3) is 0.682. The lowest BCUT2D eigenvalue weighted by molar-refractivity contribution is -0.169. The molecule has 1 saturated carbocycles. The number of carbonyl (C=O) groups is 2. The number of aryl methyl sites for hydroxylation is 1. The van der Waals surface area contributed by atoms with Crippen LogP contribution in [0.15, 0.2) is 42.5 Å². The minimum absolute atomic E-state index is 0.0212. The van der Waals surface area contributed by atoms with Gasteiger partial charge in [-0.05, 0) is 98.6 Å². The van der Waals surface area contributed by atoms with Crippen molar-refractivity contribution in [3.8, 4) is 17.2 Å². The number of hydrogen-bond acceptors (Lipinski definition) is 10. The highest BCUT2D eigenvalue weighted by molar-refractivity contribution is 5.86. The van der Waals surface area contributed by atoms with Gasteiger partial charge in [0.05, 0.1) is 39.5 Å². The van der Waals surface area contributed by atoms with Crippen LogP contribution in [-0.4, -0.2) is 108 Å². The maximum Gasteiger partial charge on any atom is 0.329 e. The van der Waals surface area contributed by atoms with Crippen molar-refractivity contribution in [1.29, 1.82) is 0 Å². The Morgan fingerprint density at radius 1 is 0.873 bits per heavy atom. The zero-order valence-corrected chi connectivity index (χ0v) is 34.0. The van der Waals surface area contributed by atoms with Gasteiger partial charge in [0, 0.05) is 33.3 Å². The molecule has 0 spiro atoms. The van der Waals surface area contributed by atoms with Gasteiger partial charge in [-0.15, -0.1) is 0 Å². The van der Waals surface area contributed by atoms with Gasteiger partial charge in [0.1, 0.15) is 31.3 Å². The van der Waals surface area contributed by atoms with Crippen molar-refractivity contribution in [3.05, 3.63) is 53.6 Å². The molecule has 0 radical (unpaired) electrons. The molecule has 0 bridgehead atoms.